The van der Waals surface area contributed by atoms with E-state index in [1.54, 1.807) is 35.9 Å². The van der Waals surface area contributed by atoms with Gasteiger partial charge in [0.2, 0.25) is 10.0 Å². The van der Waals surface area contributed by atoms with Crippen molar-refractivity contribution in [1.82, 2.24) is 9.29 Å². The molecule has 0 saturated heterocycles. The molecular formula is C22H19N3O3S3. The van der Waals surface area contributed by atoms with E-state index in [1.165, 1.54) is 27.8 Å². The Hall–Kier alpha value is -2.85. The van der Waals surface area contributed by atoms with Crippen LogP contribution in [-0.4, -0.2) is 30.7 Å². The van der Waals surface area contributed by atoms with Crippen LogP contribution >= 0.6 is 22.7 Å². The largest absolute Gasteiger partial charge is 0.321 e. The van der Waals surface area contributed by atoms with E-state index in [-0.39, 0.29) is 17.3 Å². The molecule has 2 aromatic carbocycles. The van der Waals surface area contributed by atoms with E-state index < -0.39 is 10.0 Å². The zero-order valence-corrected chi connectivity index (χ0v) is 19.0. The third-order valence-electron chi connectivity index (χ3n) is 4.57. The van der Waals surface area contributed by atoms with Crippen LogP contribution in [0, 0.1) is 0 Å². The lowest BCUT2D eigenvalue weighted by Crippen LogP contribution is -2.26. The summed E-state index contributed by atoms with van der Waals surface area (Å²) >= 11 is 2.98. The van der Waals surface area contributed by atoms with Crippen LogP contribution in [0.1, 0.15) is 16.1 Å². The average molecular weight is 470 g/mol. The Morgan fingerprint density at radius 3 is 2.45 bits per heavy atom. The number of aromatic nitrogens is 1. The van der Waals surface area contributed by atoms with Crippen molar-refractivity contribution in [2.75, 3.05) is 12.4 Å². The van der Waals surface area contributed by atoms with Gasteiger partial charge in [0.15, 0.2) is 0 Å². The van der Waals surface area contributed by atoms with Gasteiger partial charge in [-0.25, -0.2) is 13.4 Å². The van der Waals surface area contributed by atoms with Crippen molar-refractivity contribution in [3.8, 4) is 10.6 Å². The molecule has 2 aromatic heterocycles. The van der Waals surface area contributed by atoms with Crippen molar-refractivity contribution in [2.24, 2.45) is 0 Å². The maximum atomic E-state index is 12.8. The topological polar surface area (TPSA) is 79.4 Å². The second kappa shape index (κ2) is 9.11. The number of anilines is 1. The lowest BCUT2D eigenvalue weighted by atomic mass is 10.2. The van der Waals surface area contributed by atoms with E-state index >= 15 is 0 Å². The summed E-state index contributed by atoms with van der Waals surface area (Å²) in [6, 6.07) is 17.5. The normalized spacial score (nSPS) is 11.5. The average Bonchev–Trinajstić information content (AvgIpc) is 3.47. The Balaban J connectivity index is 1.43. The molecule has 6 nitrogen and oxygen atoms in total. The third-order valence-corrected chi connectivity index (χ3v) is 7.97. The molecule has 0 radical (unpaired) electrons. The van der Waals surface area contributed by atoms with Crippen LogP contribution in [0.4, 0.5) is 5.69 Å². The van der Waals surface area contributed by atoms with E-state index in [0.717, 1.165) is 16.1 Å². The Morgan fingerprint density at radius 2 is 1.77 bits per heavy atom. The quantitative estimate of drug-likeness (QED) is 0.416. The lowest BCUT2D eigenvalue weighted by Gasteiger charge is -2.17. The summed E-state index contributed by atoms with van der Waals surface area (Å²) in [6.07, 6.45) is 0. The van der Waals surface area contributed by atoms with E-state index in [0.29, 0.717) is 11.4 Å². The standard InChI is InChI=1S/C22H19N3O3S3/c1-25(13-16-5-3-2-4-6-16)31(27,28)19-9-7-18(8-10-19)23-21(26)20-15-30-22(24-20)17-11-12-29-14-17/h2-12,14-15H,13H2,1H3,(H,23,26). The molecule has 0 aliphatic carbocycles. The van der Waals surface area contributed by atoms with Gasteiger partial charge in [0.1, 0.15) is 10.7 Å². The van der Waals surface area contributed by atoms with Crippen molar-refractivity contribution in [3.05, 3.63) is 88.1 Å². The van der Waals surface area contributed by atoms with Crippen LogP contribution in [0.15, 0.2) is 81.7 Å². The molecule has 4 aromatic rings. The Bertz CT molecular complexity index is 1270. The number of nitrogens with one attached hydrogen (secondary N) is 1. The highest BCUT2D eigenvalue weighted by Crippen LogP contribution is 2.26. The number of thiophene rings is 1. The van der Waals surface area contributed by atoms with Gasteiger partial charge in [-0.3, -0.25) is 4.79 Å². The van der Waals surface area contributed by atoms with Gasteiger partial charge in [0.25, 0.3) is 5.91 Å². The summed E-state index contributed by atoms with van der Waals surface area (Å²) in [4.78, 5) is 17.0. The SMILES string of the molecule is CN(Cc1ccccc1)S(=O)(=O)c1ccc(NC(=O)c2csc(-c3ccsc3)n2)cc1. The predicted octanol–water partition coefficient (Wildman–Crippen LogP) is 4.94. The van der Waals surface area contributed by atoms with Crippen LogP contribution in [-0.2, 0) is 16.6 Å². The van der Waals surface area contributed by atoms with Crippen molar-refractivity contribution >= 4 is 44.3 Å². The van der Waals surface area contributed by atoms with Gasteiger partial charge >= 0.3 is 0 Å². The summed E-state index contributed by atoms with van der Waals surface area (Å²) in [7, 11) is -2.10. The molecule has 0 aliphatic heterocycles. The lowest BCUT2D eigenvalue weighted by molar-refractivity contribution is 0.102. The first-order valence-corrected chi connectivity index (χ1v) is 12.6. The van der Waals surface area contributed by atoms with Crippen molar-refractivity contribution in [1.29, 1.82) is 0 Å². The van der Waals surface area contributed by atoms with Crippen molar-refractivity contribution in [3.63, 3.8) is 0 Å². The number of carbonyl (C=O) groups excluding carboxylic acids is 1. The third kappa shape index (κ3) is 4.91. The number of carbonyl (C=O) groups is 1. The molecule has 1 N–H and O–H groups in total. The number of hydrogen-bond donors (Lipinski definition) is 1. The fourth-order valence-electron chi connectivity index (χ4n) is 2.91. The Kier molecular flexibility index (Phi) is 6.28. The highest BCUT2D eigenvalue weighted by atomic mass is 32.2. The Labute approximate surface area is 188 Å². The molecule has 0 fully saturated rings. The first-order valence-electron chi connectivity index (χ1n) is 9.33. The number of thiazole rings is 1. The highest BCUT2D eigenvalue weighted by molar-refractivity contribution is 7.89. The number of benzene rings is 2. The molecule has 0 aliphatic rings. The van der Waals surface area contributed by atoms with Gasteiger partial charge in [0, 0.05) is 35.6 Å². The number of sulfonamides is 1. The predicted molar refractivity (Wildman–Crippen MR) is 125 cm³/mol. The van der Waals surface area contributed by atoms with E-state index in [9.17, 15) is 13.2 Å². The van der Waals surface area contributed by atoms with Gasteiger partial charge < -0.3 is 5.32 Å². The molecule has 2 heterocycles. The molecule has 158 valence electrons. The first-order chi connectivity index (χ1) is 14.9. The molecule has 0 spiro atoms. The Morgan fingerprint density at radius 1 is 1.03 bits per heavy atom. The zero-order valence-electron chi connectivity index (χ0n) is 16.6. The van der Waals surface area contributed by atoms with Gasteiger partial charge in [-0.05, 0) is 41.3 Å². The fourth-order valence-corrected chi connectivity index (χ4v) is 5.58. The molecule has 4 rings (SSSR count). The van der Waals surface area contributed by atoms with Gasteiger partial charge in [-0.2, -0.15) is 15.6 Å². The monoisotopic (exact) mass is 469 g/mol. The highest BCUT2D eigenvalue weighted by Gasteiger charge is 2.21. The number of rotatable bonds is 7. The molecule has 0 saturated carbocycles. The van der Waals surface area contributed by atoms with Crippen LogP contribution in [0.3, 0.4) is 0 Å². The molecule has 1 amide bonds. The summed E-state index contributed by atoms with van der Waals surface area (Å²) in [6.45, 7) is 0.276. The number of hydrogen-bond acceptors (Lipinski definition) is 6. The molecule has 0 atom stereocenters. The molecular weight excluding hydrogens is 450 g/mol. The molecule has 9 heteroatoms. The van der Waals surface area contributed by atoms with E-state index in [4.69, 9.17) is 0 Å². The van der Waals surface area contributed by atoms with Crippen LogP contribution in [0.25, 0.3) is 10.6 Å². The minimum Gasteiger partial charge on any atom is -0.321 e. The van der Waals surface area contributed by atoms with Crippen LogP contribution < -0.4 is 5.32 Å². The number of nitrogens with zero attached hydrogens (tertiary/aromatic N) is 2. The summed E-state index contributed by atoms with van der Waals surface area (Å²) in [5, 5.41) is 9.20. The number of amides is 1. The second-order valence-corrected chi connectivity index (χ2v) is 10.5. The van der Waals surface area contributed by atoms with Crippen molar-refractivity contribution < 1.29 is 13.2 Å². The van der Waals surface area contributed by atoms with E-state index in [2.05, 4.69) is 10.3 Å². The van der Waals surface area contributed by atoms with Gasteiger partial charge in [0.05, 0.1) is 4.90 Å². The van der Waals surface area contributed by atoms with Crippen LogP contribution in [0.5, 0.6) is 0 Å². The van der Waals surface area contributed by atoms with E-state index in [1.807, 2.05) is 47.2 Å². The summed E-state index contributed by atoms with van der Waals surface area (Å²) < 4.78 is 27.0. The molecule has 0 unspecified atom stereocenters. The van der Waals surface area contributed by atoms with Gasteiger partial charge in [-0.15, -0.1) is 11.3 Å². The van der Waals surface area contributed by atoms with Crippen LogP contribution in [0.2, 0.25) is 0 Å². The summed E-state index contributed by atoms with van der Waals surface area (Å²) in [5.74, 6) is -0.338. The minimum atomic E-state index is -3.65. The second-order valence-electron chi connectivity index (χ2n) is 6.78. The summed E-state index contributed by atoms with van der Waals surface area (Å²) in [5.41, 5.74) is 2.72. The minimum absolute atomic E-state index is 0.164. The first kappa shape index (κ1) is 21.4. The maximum Gasteiger partial charge on any atom is 0.275 e. The van der Waals surface area contributed by atoms with Gasteiger partial charge in [-0.1, -0.05) is 30.3 Å². The fraction of sp³-hybridized carbons (Fsp3) is 0.0909. The maximum absolute atomic E-state index is 12.8. The zero-order chi connectivity index (χ0) is 21.8. The molecule has 31 heavy (non-hydrogen) atoms. The van der Waals surface area contributed by atoms with Crippen molar-refractivity contribution in [2.45, 2.75) is 11.4 Å². The smallest absolute Gasteiger partial charge is 0.275 e. The molecule has 0 bridgehead atoms.